The molecule has 0 unspecified atom stereocenters. The summed E-state index contributed by atoms with van der Waals surface area (Å²) in [4.78, 5) is 37.8. The second kappa shape index (κ2) is 7.94. The van der Waals surface area contributed by atoms with Gasteiger partial charge in [0.1, 0.15) is 12.4 Å². The van der Waals surface area contributed by atoms with E-state index < -0.39 is 5.76 Å². The van der Waals surface area contributed by atoms with Crippen molar-refractivity contribution < 1.29 is 9.21 Å². The number of oxazole rings is 1. The third kappa shape index (κ3) is 3.94. The maximum atomic E-state index is 12.8. The Morgan fingerprint density at radius 3 is 2.69 bits per heavy atom. The summed E-state index contributed by atoms with van der Waals surface area (Å²) in [6.45, 7) is 7.12. The zero-order valence-electron chi connectivity index (χ0n) is 16.6. The van der Waals surface area contributed by atoms with E-state index in [1.807, 2.05) is 26.0 Å². The van der Waals surface area contributed by atoms with Crippen molar-refractivity contribution in [1.82, 2.24) is 19.4 Å². The minimum absolute atomic E-state index is 0.0264. The number of hydrogen-bond acceptors (Lipinski definition) is 7. The molecule has 3 aromatic rings. The van der Waals surface area contributed by atoms with Crippen LogP contribution in [0.5, 0.6) is 0 Å². The molecule has 2 aromatic heterocycles. The first-order valence-electron chi connectivity index (χ1n) is 9.76. The number of nitrogens with one attached hydrogen (secondary N) is 1. The molecule has 1 amide bonds. The minimum Gasteiger partial charge on any atom is -0.408 e. The number of fused-ring (bicyclic) bond motifs is 1. The quantitative estimate of drug-likeness (QED) is 0.698. The number of carbonyl (C=O) groups is 1. The Morgan fingerprint density at radius 1 is 1.17 bits per heavy atom. The van der Waals surface area contributed by atoms with Crippen LogP contribution in [0.15, 0.2) is 39.5 Å². The second-order valence-electron chi connectivity index (χ2n) is 7.01. The van der Waals surface area contributed by atoms with Gasteiger partial charge in [-0.15, -0.1) is 0 Å². The fraction of sp³-hybridized carbons (Fsp3) is 0.400. The Morgan fingerprint density at radius 2 is 1.93 bits per heavy atom. The molecule has 4 rings (SSSR count). The van der Waals surface area contributed by atoms with Gasteiger partial charge in [-0.2, -0.15) is 4.98 Å². The van der Waals surface area contributed by atoms with E-state index in [-0.39, 0.29) is 12.5 Å². The van der Waals surface area contributed by atoms with Crippen molar-refractivity contribution in [1.29, 1.82) is 0 Å². The highest BCUT2D eigenvalue weighted by Gasteiger charge is 2.24. The molecule has 0 spiro atoms. The number of anilines is 2. The van der Waals surface area contributed by atoms with Crippen molar-refractivity contribution in [2.75, 3.05) is 42.9 Å². The molecule has 0 radical (unpaired) electrons. The zero-order valence-corrected chi connectivity index (χ0v) is 16.6. The van der Waals surface area contributed by atoms with Crippen molar-refractivity contribution >= 4 is 28.8 Å². The summed E-state index contributed by atoms with van der Waals surface area (Å²) >= 11 is 0. The molecule has 3 heterocycles. The number of aromatic nitrogens is 3. The van der Waals surface area contributed by atoms with Crippen molar-refractivity contribution in [3.8, 4) is 0 Å². The lowest BCUT2D eigenvalue weighted by Gasteiger charge is -2.35. The summed E-state index contributed by atoms with van der Waals surface area (Å²) in [5, 5.41) is 3.22. The van der Waals surface area contributed by atoms with E-state index in [1.165, 1.54) is 4.57 Å². The van der Waals surface area contributed by atoms with Crippen LogP contribution in [0.4, 0.5) is 11.8 Å². The standard InChI is InChI=1S/C20H24N6O3/c1-3-21-17-12-14(2)22-19(23-17)25-10-8-24(9-11-25)18(27)13-26-15-6-4-5-7-16(15)29-20(26)28/h4-7,12H,3,8-11,13H2,1-2H3,(H,21,22,23). The molecular weight excluding hydrogens is 372 g/mol. The average molecular weight is 396 g/mol. The van der Waals surface area contributed by atoms with Crippen LogP contribution in [0.3, 0.4) is 0 Å². The lowest BCUT2D eigenvalue weighted by molar-refractivity contribution is -0.132. The molecule has 1 aromatic carbocycles. The maximum absolute atomic E-state index is 12.8. The Hall–Kier alpha value is -3.36. The van der Waals surface area contributed by atoms with Gasteiger partial charge in [0.25, 0.3) is 0 Å². The lowest BCUT2D eigenvalue weighted by atomic mass is 10.3. The SMILES string of the molecule is CCNc1cc(C)nc(N2CCN(C(=O)Cn3c(=O)oc4ccccc43)CC2)n1. The Bertz CT molecular complexity index is 1080. The van der Waals surface area contributed by atoms with Crippen LogP contribution in [-0.4, -0.2) is 58.1 Å². The Kier molecular flexibility index (Phi) is 5.20. The van der Waals surface area contributed by atoms with Gasteiger partial charge in [0, 0.05) is 44.5 Å². The highest BCUT2D eigenvalue weighted by molar-refractivity contribution is 5.79. The molecule has 1 aliphatic heterocycles. The van der Waals surface area contributed by atoms with Gasteiger partial charge in [-0.1, -0.05) is 12.1 Å². The highest BCUT2D eigenvalue weighted by Crippen LogP contribution is 2.17. The summed E-state index contributed by atoms with van der Waals surface area (Å²) in [5.41, 5.74) is 2.02. The van der Waals surface area contributed by atoms with Gasteiger partial charge in [-0.3, -0.25) is 9.36 Å². The minimum atomic E-state index is -0.512. The number of aryl methyl sites for hydroxylation is 1. The number of amides is 1. The number of para-hydroxylation sites is 2. The summed E-state index contributed by atoms with van der Waals surface area (Å²) in [7, 11) is 0. The molecule has 9 nitrogen and oxygen atoms in total. The highest BCUT2D eigenvalue weighted by atomic mass is 16.4. The molecule has 1 aliphatic rings. The fourth-order valence-electron chi connectivity index (χ4n) is 3.52. The van der Waals surface area contributed by atoms with Gasteiger partial charge in [0.2, 0.25) is 11.9 Å². The van der Waals surface area contributed by atoms with Crippen LogP contribution in [-0.2, 0) is 11.3 Å². The van der Waals surface area contributed by atoms with Crippen molar-refractivity contribution in [2.24, 2.45) is 0 Å². The number of nitrogens with zero attached hydrogens (tertiary/aromatic N) is 5. The monoisotopic (exact) mass is 396 g/mol. The smallest absolute Gasteiger partial charge is 0.408 e. The molecule has 29 heavy (non-hydrogen) atoms. The molecule has 152 valence electrons. The number of hydrogen-bond donors (Lipinski definition) is 1. The van der Waals surface area contributed by atoms with Crippen LogP contribution >= 0.6 is 0 Å². The van der Waals surface area contributed by atoms with Crippen LogP contribution in [0, 0.1) is 6.92 Å². The van der Waals surface area contributed by atoms with Gasteiger partial charge < -0.3 is 19.5 Å². The van der Waals surface area contributed by atoms with E-state index in [1.54, 1.807) is 23.1 Å². The molecule has 0 aliphatic carbocycles. The second-order valence-corrected chi connectivity index (χ2v) is 7.01. The van der Waals surface area contributed by atoms with E-state index in [4.69, 9.17) is 4.42 Å². The number of benzene rings is 1. The largest absolute Gasteiger partial charge is 0.420 e. The first kappa shape index (κ1) is 19.0. The van der Waals surface area contributed by atoms with Gasteiger partial charge in [0.15, 0.2) is 5.58 Å². The molecule has 0 atom stereocenters. The van der Waals surface area contributed by atoms with Crippen molar-refractivity contribution in [2.45, 2.75) is 20.4 Å². The van der Waals surface area contributed by atoms with E-state index in [0.717, 1.165) is 18.1 Å². The summed E-state index contributed by atoms with van der Waals surface area (Å²) in [5.74, 6) is 0.865. The van der Waals surface area contributed by atoms with E-state index >= 15 is 0 Å². The van der Waals surface area contributed by atoms with Gasteiger partial charge in [-0.05, 0) is 26.0 Å². The van der Waals surface area contributed by atoms with Crippen molar-refractivity contribution in [3.63, 3.8) is 0 Å². The van der Waals surface area contributed by atoms with Gasteiger partial charge >= 0.3 is 5.76 Å². The van der Waals surface area contributed by atoms with Crippen LogP contribution in [0.25, 0.3) is 11.1 Å². The van der Waals surface area contributed by atoms with E-state index in [9.17, 15) is 9.59 Å². The van der Waals surface area contributed by atoms with Crippen LogP contribution in [0.2, 0.25) is 0 Å². The number of rotatable bonds is 5. The molecule has 1 saturated heterocycles. The average Bonchev–Trinajstić information content (AvgIpc) is 3.03. The number of carbonyl (C=O) groups excluding carboxylic acids is 1. The molecule has 0 saturated carbocycles. The molecule has 9 heteroatoms. The molecule has 0 bridgehead atoms. The van der Waals surface area contributed by atoms with Crippen LogP contribution < -0.4 is 16.0 Å². The third-order valence-corrected chi connectivity index (χ3v) is 4.98. The first-order chi connectivity index (χ1) is 14.0. The summed E-state index contributed by atoms with van der Waals surface area (Å²) < 4.78 is 6.60. The molecule has 1 fully saturated rings. The molecular formula is C20H24N6O3. The van der Waals surface area contributed by atoms with Gasteiger partial charge in [-0.25, -0.2) is 9.78 Å². The lowest BCUT2D eigenvalue weighted by Crippen LogP contribution is -2.50. The summed E-state index contributed by atoms with van der Waals surface area (Å²) in [6.07, 6.45) is 0. The first-order valence-corrected chi connectivity index (χ1v) is 9.76. The van der Waals surface area contributed by atoms with Crippen LogP contribution in [0.1, 0.15) is 12.6 Å². The normalized spacial score (nSPS) is 14.4. The topological polar surface area (TPSA) is 96.5 Å². The Labute approximate surface area is 168 Å². The molecule has 1 N–H and O–H groups in total. The third-order valence-electron chi connectivity index (χ3n) is 4.98. The predicted molar refractivity (Wildman–Crippen MR) is 110 cm³/mol. The fourth-order valence-corrected chi connectivity index (χ4v) is 3.52. The summed E-state index contributed by atoms with van der Waals surface area (Å²) in [6, 6.07) is 9.04. The predicted octanol–water partition coefficient (Wildman–Crippen LogP) is 1.47. The van der Waals surface area contributed by atoms with E-state index in [0.29, 0.717) is 43.2 Å². The maximum Gasteiger partial charge on any atom is 0.420 e. The Balaban J connectivity index is 1.42. The van der Waals surface area contributed by atoms with Crippen molar-refractivity contribution in [3.05, 3.63) is 46.6 Å². The van der Waals surface area contributed by atoms with E-state index in [2.05, 4.69) is 20.2 Å². The zero-order chi connectivity index (χ0) is 20.4. The van der Waals surface area contributed by atoms with Gasteiger partial charge in [0.05, 0.1) is 5.52 Å². The number of piperazine rings is 1.